The van der Waals surface area contributed by atoms with Gasteiger partial charge in [0.1, 0.15) is 6.04 Å². The van der Waals surface area contributed by atoms with Crippen molar-refractivity contribution in [2.24, 2.45) is 0 Å². The quantitative estimate of drug-likeness (QED) is 0.713. The largest absolute Gasteiger partial charge is 0.464 e. The number of carbonyl (C=O) groups is 2. The number of anilines is 1. The minimum Gasteiger partial charge on any atom is -0.464 e. The summed E-state index contributed by atoms with van der Waals surface area (Å²) in [6.45, 7) is 0.0181. The van der Waals surface area contributed by atoms with E-state index in [9.17, 15) is 31.2 Å². The molecule has 0 radical (unpaired) electrons. The molecule has 154 valence electrons. The van der Waals surface area contributed by atoms with Gasteiger partial charge in [0, 0.05) is 12.0 Å². The molecule has 1 aliphatic heterocycles. The normalized spacial score (nSPS) is 17.1. The molecule has 0 aliphatic carbocycles. The molecule has 0 bridgehead atoms. The lowest BCUT2D eigenvalue weighted by atomic mass is 10.1. The first-order valence-electron chi connectivity index (χ1n) is 8.34. The summed E-state index contributed by atoms with van der Waals surface area (Å²) in [5, 5.41) is 2.14. The van der Waals surface area contributed by atoms with E-state index >= 15 is 0 Å². The second-order valence-electron chi connectivity index (χ2n) is 6.16. The highest BCUT2D eigenvalue weighted by molar-refractivity contribution is 7.89. The molecule has 2 aromatic carbocycles. The second-order valence-corrected chi connectivity index (χ2v) is 7.87. The van der Waals surface area contributed by atoms with E-state index in [1.807, 2.05) is 4.72 Å². The van der Waals surface area contributed by atoms with Gasteiger partial charge in [-0.2, -0.15) is 17.9 Å². The zero-order chi connectivity index (χ0) is 21.2. The Morgan fingerprint density at radius 2 is 1.79 bits per heavy atom. The topological polar surface area (TPSA) is 102 Å². The number of halogens is 3. The third-order valence-electron chi connectivity index (χ3n) is 4.12. The van der Waals surface area contributed by atoms with Crippen molar-refractivity contribution >= 4 is 27.6 Å². The van der Waals surface area contributed by atoms with Crippen LogP contribution in [0.2, 0.25) is 0 Å². The summed E-state index contributed by atoms with van der Waals surface area (Å²) < 4.78 is 71.9. The van der Waals surface area contributed by atoms with Crippen LogP contribution < -0.4 is 10.0 Å². The van der Waals surface area contributed by atoms with E-state index in [-0.39, 0.29) is 18.6 Å². The number of carbonyl (C=O) groups excluding carboxylic acids is 2. The molecule has 0 saturated carbocycles. The van der Waals surface area contributed by atoms with Gasteiger partial charge >= 0.3 is 12.1 Å². The highest BCUT2D eigenvalue weighted by Gasteiger charge is 2.37. The highest BCUT2D eigenvalue weighted by Crippen LogP contribution is 2.36. The molecule has 11 heteroatoms. The Hall–Kier alpha value is -2.92. The van der Waals surface area contributed by atoms with Crippen LogP contribution >= 0.6 is 0 Å². The summed E-state index contributed by atoms with van der Waals surface area (Å²) in [6, 6.07) is 8.60. The molecule has 7 nitrogen and oxygen atoms in total. The summed E-state index contributed by atoms with van der Waals surface area (Å²) in [4.78, 5) is 22.9. The zero-order valence-electron chi connectivity index (χ0n) is 14.7. The Kier molecular flexibility index (Phi) is 5.62. The lowest BCUT2D eigenvalue weighted by Gasteiger charge is -2.16. The van der Waals surface area contributed by atoms with Crippen LogP contribution in [0, 0.1) is 0 Å². The van der Waals surface area contributed by atoms with Crippen molar-refractivity contribution in [1.82, 2.24) is 4.72 Å². The molecule has 0 spiro atoms. The predicted molar refractivity (Wildman–Crippen MR) is 95.5 cm³/mol. The van der Waals surface area contributed by atoms with Gasteiger partial charge in [0.05, 0.1) is 22.8 Å². The van der Waals surface area contributed by atoms with Crippen molar-refractivity contribution in [3.05, 3.63) is 59.7 Å². The average Bonchev–Trinajstić information content (AvgIpc) is 3.05. The van der Waals surface area contributed by atoms with Gasteiger partial charge in [0.2, 0.25) is 10.0 Å². The first kappa shape index (κ1) is 20.8. The maximum Gasteiger partial charge on any atom is 0.418 e. The maximum absolute atomic E-state index is 13.5. The molecule has 29 heavy (non-hydrogen) atoms. The van der Waals surface area contributed by atoms with Crippen molar-refractivity contribution in [1.29, 1.82) is 0 Å². The predicted octanol–water partition coefficient (Wildman–Crippen LogP) is 2.55. The van der Waals surface area contributed by atoms with Crippen LogP contribution in [0.1, 0.15) is 22.3 Å². The minimum atomic E-state index is -4.93. The standard InChI is InChI=1S/C18H15F3N2O5S/c19-18(20,21)13-10-12(29(26,27)23-15-8-9-28-17(15)25)6-7-14(13)22-16(24)11-4-2-1-3-5-11/h1-7,10,15,23H,8-9H2,(H,22,24)/t15-/m0/s1. The Morgan fingerprint density at radius 3 is 2.38 bits per heavy atom. The molecule has 1 heterocycles. The first-order chi connectivity index (χ1) is 13.6. The molecule has 1 saturated heterocycles. The molecule has 1 atom stereocenters. The number of sulfonamides is 1. The van der Waals surface area contributed by atoms with E-state index < -0.39 is 50.3 Å². The average molecular weight is 428 g/mol. The van der Waals surface area contributed by atoms with E-state index in [1.54, 1.807) is 18.2 Å². The molecule has 0 aromatic heterocycles. The molecule has 2 N–H and O–H groups in total. The third-order valence-corrected chi connectivity index (χ3v) is 5.59. The fraction of sp³-hybridized carbons (Fsp3) is 0.222. The van der Waals surface area contributed by atoms with Crippen molar-refractivity contribution in [2.45, 2.75) is 23.5 Å². The van der Waals surface area contributed by atoms with Crippen LogP contribution in [0.25, 0.3) is 0 Å². The Morgan fingerprint density at radius 1 is 1.10 bits per heavy atom. The van der Waals surface area contributed by atoms with Crippen molar-refractivity contribution < 1.29 is 35.9 Å². The lowest BCUT2D eigenvalue weighted by molar-refractivity contribution is -0.139. The monoisotopic (exact) mass is 428 g/mol. The van der Waals surface area contributed by atoms with E-state index in [0.29, 0.717) is 6.07 Å². The summed E-state index contributed by atoms with van der Waals surface area (Å²) in [7, 11) is -4.42. The van der Waals surface area contributed by atoms with Crippen LogP contribution in [0.3, 0.4) is 0 Å². The summed E-state index contributed by atoms with van der Waals surface area (Å²) in [5.41, 5.74) is -1.79. The second kappa shape index (κ2) is 7.84. The van der Waals surface area contributed by atoms with Crippen LogP contribution in [-0.2, 0) is 25.7 Å². The van der Waals surface area contributed by atoms with Crippen LogP contribution in [0.4, 0.5) is 18.9 Å². The van der Waals surface area contributed by atoms with Crippen LogP contribution in [0.15, 0.2) is 53.4 Å². The fourth-order valence-corrected chi connectivity index (χ4v) is 3.92. The number of hydrogen-bond acceptors (Lipinski definition) is 5. The lowest BCUT2D eigenvalue weighted by Crippen LogP contribution is -2.38. The summed E-state index contributed by atoms with van der Waals surface area (Å²) >= 11 is 0. The number of ether oxygens (including phenoxy) is 1. The van der Waals surface area contributed by atoms with Crippen LogP contribution in [-0.4, -0.2) is 32.9 Å². The van der Waals surface area contributed by atoms with Gasteiger partial charge in [0.15, 0.2) is 0 Å². The van der Waals surface area contributed by atoms with Gasteiger partial charge < -0.3 is 10.1 Å². The molecule has 1 aliphatic rings. The fourth-order valence-electron chi connectivity index (χ4n) is 2.68. The number of rotatable bonds is 5. The number of amides is 1. The molecular weight excluding hydrogens is 413 g/mol. The molecule has 0 unspecified atom stereocenters. The molecule has 2 aromatic rings. The number of cyclic esters (lactones) is 1. The van der Waals surface area contributed by atoms with E-state index in [2.05, 4.69) is 10.1 Å². The Labute approximate surface area is 163 Å². The number of hydrogen-bond donors (Lipinski definition) is 2. The number of benzene rings is 2. The van der Waals surface area contributed by atoms with Crippen molar-refractivity contribution in [2.75, 3.05) is 11.9 Å². The van der Waals surface area contributed by atoms with E-state index in [1.165, 1.54) is 12.1 Å². The summed E-state index contributed by atoms with van der Waals surface area (Å²) in [6.07, 6.45) is -4.85. The first-order valence-corrected chi connectivity index (χ1v) is 9.83. The number of nitrogens with one attached hydrogen (secondary N) is 2. The molecule has 3 rings (SSSR count). The number of esters is 1. The zero-order valence-corrected chi connectivity index (χ0v) is 15.5. The van der Waals surface area contributed by atoms with Gasteiger partial charge in [-0.1, -0.05) is 18.2 Å². The minimum absolute atomic E-state index is 0.0181. The van der Waals surface area contributed by atoms with E-state index in [4.69, 9.17) is 0 Å². The SMILES string of the molecule is O=C(Nc1ccc(S(=O)(=O)N[C@H]2CCOC2=O)cc1C(F)(F)F)c1ccccc1. The smallest absolute Gasteiger partial charge is 0.418 e. The third kappa shape index (κ3) is 4.74. The van der Waals surface area contributed by atoms with Gasteiger partial charge in [0.25, 0.3) is 5.91 Å². The van der Waals surface area contributed by atoms with Crippen molar-refractivity contribution in [3.8, 4) is 0 Å². The van der Waals surface area contributed by atoms with Gasteiger partial charge in [-0.15, -0.1) is 0 Å². The van der Waals surface area contributed by atoms with Crippen LogP contribution in [0.5, 0.6) is 0 Å². The van der Waals surface area contributed by atoms with E-state index in [0.717, 1.165) is 12.1 Å². The van der Waals surface area contributed by atoms with Gasteiger partial charge in [-0.25, -0.2) is 8.42 Å². The van der Waals surface area contributed by atoms with Gasteiger partial charge in [-0.05, 0) is 30.3 Å². The maximum atomic E-state index is 13.5. The molecule has 1 fully saturated rings. The number of alkyl halides is 3. The summed E-state index contributed by atoms with van der Waals surface area (Å²) in [5.74, 6) is -1.57. The molecule has 1 amide bonds. The van der Waals surface area contributed by atoms with Crippen molar-refractivity contribution in [3.63, 3.8) is 0 Å². The molecular formula is C18H15F3N2O5S. The Bertz CT molecular complexity index is 1040. The Balaban J connectivity index is 1.92. The highest BCUT2D eigenvalue weighted by atomic mass is 32.2. The van der Waals surface area contributed by atoms with Gasteiger partial charge in [-0.3, -0.25) is 9.59 Å².